The van der Waals surface area contributed by atoms with Gasteiger partial charge in [-0.05, 0) is 29.0 Å². The molecule has 0 aliphatic carbocycles. The maximum atomic E-state index is 12.0. The highest BCUT2D eigenvalue weighted by Gasteiger charge is 2.19. The Hall–Kier alpha value is -2.39. The average molecular weight is 303 g/mol. The Morgan fingerprint density at radius 1 is 1.45 bits per heavy atom. The SMILES string of the molecule is O=C(NCCN1CC[C@H](O)C1)c1ccc(-n2cnnn2)cn1. The lowest BCUT2D eigenvalue weighted by atomic mass is 10.3. The van der Waals surface area contributed by atoms with Gasteiger partial charge in [-0.3, -0.25) is 9.69 Å². The first-order valence-corrected chi connectivity index (χ1v) is 7.10. The number of aliphatic hydroxyl groups is 1. The highest BCUT2D eigenvalue weighted by Crippen LogP contribution is 2.07. The summed E-state index contributed by atoms with van der Waals surface area (Å²) in [4.78, 5) is 18.2. The molecule has 3 heterocycles. The van der Waals surface area contributed by atoms with E-state index in [0.29, 0.717) is 24.5 Å². The minimum Gasteiger partial charge on any atom is -0.392 e. The van der Waals surface area contributed by atoms with Crippen LogP contribution in [0.25, 0.3) is 5.69 Å². The summed E-state index contributed by atoms with van der Waals surface area (Å²) in [5.41, 5.74) is 1.03. The maximum absolute atomic E-state index is 12.0. The second-order valence-electron chi connectivity index (χ2n) is 5.16. The molecule has 0 radical (unpaired) electrons. The molecule has 1 aliphatic rings. The Balaban J connectivity index is 1.50. The largest absolute Gasteiger partial charge is 0.392 e. The lowest BCUT2D eigenvalue weighted by Crippen LogP contribution is -2.34. The molecule has 0 saturated carbocycles. The number of nitrogens with one attached hydrogen (secondary N) is 1. The fourth-order valence-corrected chi connectivity index (χ4v) is 2.37. The first kappa shape index (κ1) is 14.5. The van der Waals surface area contributed by atoms with Gasteiger partial charge in [-0.15, -0.1) is 5.10 Å². The van der Waals surface area contributed by atoms with E-state index >= 15 is 0 Å². The van der Waals surface area contributed by atoms with E-state index in [1.165, 1.54) is 11.0 Å². The molecule has 0 spiro atoms. The molecule has 1 aliphatic heterocycles. The van der Waals surface area contributed by atoms with Gasteiger partial charge in [-0.1, -0.05) is 0 Å². The van der Waals surface area contributed by atoms with Crippen molar-refractivity contribution in [1.82, 2.24) is 35.4 Å². The molecule has 0 bridgehead atoms. The van der Waals surface area contributed by atoms with E-state index in [4.69, 9.17) is 0 Å². The smallest absolute Gasteiger partial charge is 0.269 e. The van der Waals surface area contributed by atoms with Crippen molar-refractivity contribution in [2.24, 2.45) is 0 Å². The van der Waals surface area contributed by atoms with E-state index in [0.717, 1.165) is 19.5 Å². The van der Waals surface area contributed by atoms with Crippen molar-refractivity contribution in [2.75, 3.05) is 26.2 Å². The number of rotatable bonds is 5. The number of carbonyl (C=O) groups excluding carboxylic acids is 1. The van der Waals surface area contributed by atoms with Crippen molar-refractivity contribution in [1.29, 1.82) is 0 Å². The van der Waals surface area contributed by atoms with Crippen LogP contribution in [0.5, 0.6) is 0 Å². The first-order valence-electron chi connectivity index (χ1n) is 7.10. The summed E-state index contributed by atoms with van der Waals surface area (Å²) in [5, 5.41) is 23.1. The van der Waals surface area contributed by atoms with Crippen LogP contribution in [0.3, 0.4) is 0 Å². The summed E-state index contributed by atoms with van der Waals surface area (Å²) in [6.07, 6.45) is 3.56. The van der Waals surface area contributed by atoms with Crippen LogP contribution in [0.15, 0.2) is 24.7 Å². The summed E-state index contributed by atoms with van der Waals surface area (Å²) in [6.45, 7) is 2.80. The Bertz CT molecular complexity index is 614. The van der Waals surface area contributed by atoms with Gasteiger partial charge in [-0.2, -0.15) is 4.68 Å². The third-order valence-electron chi connectivity index (χ3n) is 3.56. The van der Waals surface area contributed by atoms with Crippen molar-refractivity contribution < 1.29 is 9.90 Å². The average Bonchev–Trinajstić information content (AvgIpc) is 3.19. The van der Waals surface area contributed by atoms with E-state index in [1.54, 1.807) is 18.3 Å². The van der Waals surface area contributed by atoms with Gasteiger partial charge in [-0.25, -0.2) is 4.98 Å². The zero-order valence-electron chi connectivity index (χ0n) is 12.0. The standard InChI is InChI=1S/C13H17N7O2/c21-11-3-5-19(8-11)6-4-14-13(22)12-2-1-10(7-15-12)20-9-16-17-18-20/h1-2,7,9,11,21H,3-6,8H2,(H,14,22)/t11-/m0/s1. The number of carbonyl (C=O) groups is 1. The predicted molar refractivity (Wildman–Crippen MR) is 76.3 cm³/mol. The van der Waals surface area contributed by atoms with Crippen LogP contribution in [-0.4, -0.2) is 73.4 Å². The number of nitrogens with zero attached hydrogens (tertiary/aromatic N) is 6. The molecule has 1 saturated heterocycles. The van der Waals surface area contributed by atoms with Gasteiger partial charge < -0.3 is 10.4 Å². The zero-order valence-corrected chi connectivity index (χ0v) is 12.0. The van der Waals surface area contributed by atoms with Crippen LogP contribution >= 0.6 is 0 Å². The number of amides is 1. The molecule has 1 atom stereocenters. The number of aromatic nitrogens is 5. The van der Waals surface area contributed by atoms with Gasteiger partial charge >= 0.3 is 0 Å². The van der Waals surface area contributed by atoms with Crippen molar-refractivity contribution in [3.8, 4) is 5.69 Å². The number of tetrazole rings is 1. The minimum absolute atomic E-state index is 0.219. The predicted octanol–water partition coefficient (Wildman–Crippen LogP) is -1.15. The van der Waals surface area contributed by atoms with E-state index in [1.807, 2.05) is 0 Å². The number of β-amino-alcohol motifs (C(OH)–C–C–N with tert-alkyl or cyclic N) is 1. The molecule has 116 valence electrons. The highest BCUT2D eigenvalue weighted by molar-refractivity contribution is 5.92. The number of hydrogen-bond donors (Lipinski definition) is 2. The molecule has 9 heteroatoms. The molecular weight excluding hydrogens is 286 g/mol. The number of hydrogen-bond acceptors (Lipinski definition) is 7. The van der Waals surface area contributed by atoms with Crippen molar-refractivity contribution in [3.63, 3.8) is 0 Å². The second kappa shape index (κ2) is 6.58. The second-order valence-corrected chi connectivity index (χ2v) is 5.16. The summed E-state index contributed by atoms with van der Waals surface area (Å²) in [5.74, 6) is -0.219. The van der Waals surface area contributed by atoms with Crippen molar-refractivity contribution in [3.05, 3.63) is 30.4 Å². The quantitative estimate of drug-likeness (QED) is 0.718. The molecule has 22 heavy (non-hydrogen) atoms. The Morgan fingerprint density at radius 3 is 3.00 bits per heavy atom. The molecule has 2 N–H and O–H groups in total. The van der Waals surface area contributed by atoms with E-state index < -0.39 is 0 Å². The van der Waals surface area contributed by atoms with Crippen molar-refractivity contribution >= 4 is 5.91 Å². The molecule has 9 nitrogen and oxygen atoms in total. The fourth-order valence-electron chi connectivity index (χ4n) is 2.37. The summed E-state index contributed by atoms with van der Waals surface area (Å²) >= 11 is 0. The van der Waals surface area contributed by atoms with Gasteiger partial charge in [0.15, 0.2) is 0 Å². The van der Waals surface area contributed by atoms with Gasteiger partial charge in [0.05, 0.1) is 18.0 Å². The third kappa shape index (κ3) is 3.43. The van der Waals surface area contributed by atoms with Gasteiger partial charge in [0.25, 0.3) is 5.91 Å². The van der Waals surface area contributed by atoms with Crippen LogP contribution in [0.1, 0.15) is 16.9 Å². The minimum atomic E-state index is -0.240. The van der Waals surface area contributed by atoms with Crippen LogP contribution in [-0.2, 0) is 0 Å². The lowest BCUT2D eigenvalue weighted by molar-refractivity contribution is 0.0944. The Kier molecular flexibility index (Phi) is 4.35. The van der Waals surface area contributed by atoms with Crippen molar-refractivity contribution in [2.45, 2.75) is 12.5 Å². The fraction of sp³-hybridized carbons (Fsp3) is 0.462. The molecule has 3 rings (SSSR count). The van der Waals surface area contributed by atoms with E-state index in [-0.39, 0.29) is 12.0 Å². The highest BCUT2D eigenvalue weighted by atomic mass is 16.3. The first-order chi connectivity index (χ1) is 10.7. The summed E-state index contributed by atoms with van der Waals surface area (Å²) in [7, 11) is 0. The number of pyridine rings is 1. The molecule has 1 fully saturated rings. The number of likely N-dealkylation sites (tertiary alicyclic amines) is 1. The number of aliphatic hydroxyl groups excluding tert-OH is 1. The molecular formula is C13H17N7O2. The molecule has 0 unspecified atom stereocenters. The molecule has 1 amide bonds. The molecule has 2 aromatic heterocycles. The Labute approximate surface area is 127 Å². The normalized spacial score (nSPS) is 18.5. The maximum Gasteiger partial charge on any atom is 0.269 e. The van der Waals surface area contributed by atoms with E-state index in [9.17, 15) is 9.90 Å². The van der Waals surface area contributed by atoms with E-state index in [2.05, 4.69) is 30.7 Å². The molecule has 0 aromatic carbocycles. The van der Waals surface area contributed by atoms with Gasteiger partial charge in [0.1, 0.15) is 12.0 Å². The van der Waals surface area contributed by atoms with Crippen LogP contribution in [0.4, 0.5) is 0 Å². The van der Waals surface area contributed by atoms with Crippen LogP contribution in [0.2, 0.25) is 0 Å². The zero-order chi connectivity index (χ0) is 15.4. The monoisotopic (exact) mass is 303 g/mol. The third-order valence-corrected chi connectivity index (χ3v) is 3.56. The summed E-state index contributed by atoms with van der Waals surface area (Å²) in [6, 6.07) is 3.36. The summed E-state index contributed by atoms with van der Waals surface area (Å²) < 4.78 is 1.47. The topological polar surface area (TPSA) is 109 Å². The van der Waals surface area contributed by atoms with Gasteiger partial charge in [0, 0.05) is 26.2 Å². The molecule has 2 aromatic rings. The van der Waals surface area contributed by atoms with Gasteiger partial charge in [0.2, 0.25) is 0 Å². The van der Waals surface area contributed by atoms with Crippen LogP contribution < -0.4 is 5.32 Å². The Morgan fingerprint density at radius 2 is 2.36 bits per heavy atom. The van der Waals surface area contributed by atoms with Crippen LogP contribution in [0, 0.1) is 0 Å². The lowest BCUT2D eigenvalue weighted by Gasteiger charge is -2.14.